The van der Waals surface area contributed by atoms with E-state index >= 15 is 0 Å². The molecule has 22 heavy (non-hydrogen) atoms. The molecule has 0 bridgehead atoms. The molecule has 1 rings (SSSR count). The van der Waals surface area contributed by atoms with E-state index in [4.69, 9.17) is 16.7 Å². The molecule has 0 aliphatic rings. The number of amides is 2. The summed E-state index contributed by atoms with van der Waals surface area (Å²) in [5.74, 6) is -2.38. The maximum atomic E-state index is 13.5. The number of halogens is 2. The van der Waals surface area contributed by atoms with Gasteiger partial charge in [0.15, 0.2) is 0 Å². The van der Waals surface area contributed by atoms with Crippen LogP contribution in [0.5, 0.6) is 0 Å². The average molecular weight is 331 g/mol. The van der Waals surface area contributed by atoms with Crippen LogP contribution in [0.4, 0.5) is 10.1 Å². The van der Waals surface area contributed by atoms with Gasteiger partial charge in [-0.15, -0.1) is 0 Å². The summed E-state index contributed by atoms with van der Waals surface area (Å²) in [4.78, 5) is 23.4. The smallest absolute Gasteiger partial charge is 0.313 e. The highest BCUT2D eigenvalue weighted by Gasteiger charge is 2.17. The van der Waals surface area contributed by atoms with Crippen molar-refractivity contribution in [3.8, 4) is 0 Å². The van der Waals surface area contributed by atoms with Crippen LogP contribution in [0.3, 0.4) is 0 Å². The largest absolute Gasteiger partial charge is 0.396 e. The van der Waals surface area contributed by atoms with Crippen molar-refractivity contribution in [3.05, 3.63) is 29.0 Å². The maximum absolute atomic E-state index is 13.5. The Kier molecular flexibility index (Phi) is 7.84. The summed E-state index contributed by atoms with van der Waals surface area (Å²) < 4.78 is 13.5. The van der Waals surface area contributed by atoms with Crippen LogP contribution in [-0.2, 0) is 9.59 Å². The predicted octanol–water partition coefficient (Wildman–Crippen LogP) is 2.33. The Morgan fingerprint density at radius 1 is 1.32 bits per heavy atom. The molecule has 122 valence electrons. The summed E-state index contributed by atoms with van der Waals surface area (Å²) in [5, 5.41) is 13.8. The first-order valence-electron chi connectivity index (χ1n) is 7.13. The van der Waals surface area contributed by atoms with Crippen LogP contribution in [0.15, 0.2) is 18.2 Å². The fourth-order valence-corrected chi connectivity index (χ4v) is 2.19. The van der Waals surface area contributed by atoms with E-state index in [2.05, 4.69) is 10.6 Å². The van der Waals surface area contributed by atoms with Gasteiger partial charge in [0.1, 0.15) is 5.82 Å². The van der Waals surface area contributed by atoms with E-state index in [0.29, 0.717) is 13.0 Å². The van der Waals surface area contributed by atoms with Crippen molar-refractivity contribution in [1.29, 1.82) is 0 Å². The number of anilines is 1. The van der Waals surface area contributed by atoms with Crippen LogP contribution in [0, 0.1) is 11.7 Å². The Balaban J connectivity index is 2.52. The van der Waals surface area contributed by atoms with Crippen LogP contribution in [0.25, 0.3) is 0 Å². The monoisotopic (exact) mass is 330 g/mol. The molecule has 0 saturated carbocycles. The minimum atomic E-state index is -0.944. The molecule has 1 aromatic carbocycles. The van der Waals surface area contributed by atoms with Gasteiger partial charge in [-0.25, -0.2) is 4.39 Å². The zero-order chi connectivity index (χ0) is 16.5. The number of carbonyl (C=O) groups excluding carboxylic acids is 2. The zero-order valence-electron chi connectivity index (χ0n) is 12.4. The van der Waals surface area contributed by atoms with Crippen LogP contribution in [0.2, 0.25) is 5.02 Å². The number of carbonyl (C=O) groups is 2. The van der Waals surface area contributed by atoms with Gasteiger partial charge in [0.05, 0.1) is 5.69 Å². The van der Waals surface area contributed by atoms with E-state index in [9.17, 15) is 14.0 Å². The highest BCUT2D eigenvalue weighted by Crippen LogP contribution is 2.18. The fourth-order valence-electron chi connectivity index (χ4n) is 2.03. The molecule has 5 nitrogen and oxygen atoms in total. The van der Waals surface area contributed by atoms with Gasteiger partial charge in [0, 0.05) is 18.2 Å². The van der Waals surface area contributed by atoms with Crippen LogP contribution in [0.1, 0.15) is 26.2 Å². The van der Waals surface area contributed by atoms with Gasteiger partial charge in [0.2, 0.25) is 0 Å². The van der Waals surface area contributed by atoms with Crippen LogP contribution >= 0.6 is 11.6 Å². The van der Waals surface area contributed by atoms with E-state index < -0.39 is 17.6 Å². The van der Waals surface area contributed by atoms with E-state index in [1.54, 1.807) is 0 Å². The van der Waals surface area contributed by atoms with E-state index in [0.717, 1.165) is 18.9 Å². The van der Waals surface area contributed by atoms with Crippen molar-refractivity contribution in [3.63, 3.8) is 0 Å². The van der Waals surface area contributed by atoms with E-state index in [1.165, 1.54) is 12.1 Å². The summed E-state index contributed by atoms with van der Waals surface area (Å²) >= 11 is 5.61. The lowest BCUT2D eigenvalue weighted by atomic mass is 10.0. The third-order valence-corrected chi connectivity index (χ3v) is 3.41. The first-order valence-corrected chi connectivity index (χ1v) is 7.50. The molecule has 0 radical (unpaired) electrons. The van der Waals surface area contributed by atoms with Crippen molar-refractivity contribution in [2.45, 2.75) is 26.2 Å². The van der Waals surface area contributed by atoms with Crippen molar-refractivity contribution < 1.29 is 19.1 Å². The molecule has 0 aromatic heterocycles. The van der Waals surface area contributed by atoms with Gasteiger partial charge in [-0.05, 0) is 37.0 Å². The van der Waals surface area contributed by atoms with Crippen molar-refractivity contribution >= 4 is 29.1 Å². The molecule has 0 aliphatic carbocycles. The van der Waals surface area contributed by atoms with Gasteiger partial charge < -0.3 is 15.7 Å². The first kappa shape index (κ1) is 18.4. The highest BCUT2D eigenvalue weighted by atomic mass is 35.5. The highest BCUT2D eigenvalue weighted by molar-refractivity contribution is 6.39. The fraction of sp³-hybridized carbons (Fsp3) is 0.467. The molecule has 1 atom stereocenters. The molecule has 1 aromatic rings. The number of hydrogen-bond acceptors (Lipinski definition) is 3. The minimum absolute atomic E-state index is 0.0305. The molecule has 0 aliphatic heterocycles. The number of aliphatic hydroxyl groups is 1. The Hall–Kier alpha value is -1.66. The molecule has 3 N–H and O–H groups in total. The van der Waals surface area contributed by atoms with E-state index in [1.807, 2.05) is 6.92 Å². The molecule has 2 amide bonds. The summed E-state index contributed by atoms with van der Waals surface area (Å²) in [7, 11) is 0. The van der Waals surface area contributed by atoms with Gasteiger partial charge in [0.25, 0.3) is 0 Å². The molecule has 0 saturated heterocycles. The third-order valence-electron chi connectivity index (χ3n) is 3.17. The lowest BCUT2D eigenvalue weighted by Gasteiger charge is -2.15. The van der Waals surface area contributed by atoms with Crippen LogP contribution < -0.4 is 10.6 Å². The topological polar surface area (TPSA) is 78.4 Å². The lowest BCUT2D eigenvalue weighted by Crippen LogP contribution is -2.38. The van der Waals surface area contributed by atoms with E-state index in [-0.39, 0.29) is 23.2 Å². The number of rotatable bonds is 7. The summed E-state index contributed by atoms with van der Waals surface area (Å²) in [6.45, 7) is 2.33. The number of benzene rings is 1. The quantitative estimate of drug-likeness (QED) is 0.671. The van der Waals surface area contributed by atoms with Crippen molar-refractivity contribution in [2.75, 3.05) is 18.5 Å². The SMILES string of the molecule is CCCC(CCO)CNC(=O)C(=O)Nc1ccc(Cl)cc1F. The molecule has 0 spiro atoms. The van der Waals surface area contributed by atoms with Gasteiger partial charge in [-0.1, -0.05) is 24.9 Å². The second-order valence-electron chi connectivity index (χ2n) is 4.96. The molecular weight excluding hydrogens is 311 g/mol. The number of hydrogen-bond donors (Lipinski definition) is 3. The van der Waals surface area contributed by atoms with Crippen molar-refractivity contribution in [2.24, 2.45) is 5.92 Å². The predicted molar refractivity (Wildman–Crippen MR) is 83.2 cm³/mol. The zero-order valence-corrected chi connectivity index (χ0v) is 13.1. The third kappa shape index (κ3) is 5.99. The van der Waals surface area contributed by atoms with Gasteiger partial charge in [-0.3, -0.25) is 9.59 Å². The molecular formula is C15H20ClFN2O3. The van der Waals surface area contributed by atoms with Crippen molar-refractivity contribution in [1.82, 2.24) is 5.32 Å². The van der Waals surface area contributed by atoms with Crippen LogP contribution in [-0.4, -0.2) is 30.1 Å². The molecule has 0 heterocycles. The Morgan fingerprint density at radius 2 is 2.05 bits per heavy atom. The second kappa shape index (κ2) is 9.38. The first-order chi connectivity index (χ1) is 10.5. The Morgan fingerprint density at radius 3 is 2.64 bits per heavy atom. The Labute approximate surface area is 133 Å². The van der Waals surface area contributed by atoms with Gasteiger partial charge >= 0.3 is 11.8 Å². The minimum Gasteiger partial charge on any atom is -0.396 e. The standard InChI is InChI=1S/C15H20ClFN2O3/c1-2-3-10(6-7-20)9-18-14(21)15(22)19-13-5-4-11(16)8-12(13)17/h4-5,8,10,20H,2-3,6-7,9H2,1H3,(H,18,21)(H,19,22). The van der Waals surface area contributed by atoms with Gasteiger partial charge in [-0.2, -0.15) is 0 Å². The molecule has 7 heteroatoms. The Bertz CT molecular complexity index is 520. The second-order valence-corrected chi connectivity index (χ2v) is 5.39. The summed E-state index contributed by atoms with van der Waals surface area (Å²) in [6, 6.07) is 3.75. The summed E-state index contributed by atoms with van der Waals surface area (Å²) in [6.07, 6.45) is 2.32. The average Bonchev–Trinajstić information content (AvgIpc) is 2.47. The lowest BCUT2D eigenvalue weighted by molar-refractivity contribution is -0.136. The molecule has 1 unspecified atom stereocenters. The number of nitrogens with one attached hydrogen (secondary N) is 2. The number of aliphatic hydroxyl groups excluding tert-OH is 1. The maximum Gasteiger partial charge on any atom is 0.313 e. The molecule has 0 fully saturated rings. The normalized spacial score (nSPS) is 11.8. The summed E-state index contributed by atoms with van der Waals surface area (Å²) in [5.41, 5.74) is -0.106.